The van der Waals surface area contributed by atoms with Gasteiger partial charge in [-0.25, -0.2) is 4.39 Å². The van der Waals surface area contributed by atoms with Crippen LogP contribution in [0.3, 0.4) is 0 Å². The van der Waals surface area contributed by atoms with Crippen LogP contribution in [0.15, 0.2) is 54.6 Å². The Morgan fingerprint density at radius 2 is 1.70 bits per heavy atom. The van der Waals surface area contributed by atoms with Crippen molar-refractivity contribution in [2.75, 3.05) is 18.5 Å². The third-order valence-corrected chi connectivity index (χ3v) is 3.19. The number of hydrogen-bond donors (Lipinski definition) is 2. The molecule has 0 aliphatic heterocycles. The van der Waals surface area contributed by atoms with Gasteiger partial charge in [0.1, 0.15) is 5.82 Å². The van der Waals surface area contributed by atoms with Crippen LogP contribution in [0.25, 0.3) is 0 Å². The first-order chi connectivity index (χ1) is 11.1. The Morgan fingerprint density at radius 1 is 1.04 bits per heavy atom. The summed E-state index contributed by atoms with van der Waals surface area (Å²) in [5.74, 6) is -2.39. The van der Waals surface area contributed by atoms with E-state index in [0.29, 0.717) is 0 Å². The topological polar surface area (TPSA) is 69.6 Å². The monoisotopic (exact) mass is 316 g/mol. The predicted octanol–water partition coefficient (Wildman–Crippen LogP) is 1.79. The van der Waals surface area contributed by atoms with Crippen LogP contribution in [-0.4, -0.2) is 35.0 Å². The summed E-state index contributed by atoms with van der Waals surface area (Å²) in [4.78, 5) is 25.5. The maximum atomic E-state index is 13.5. The third kappa shape index (κ3) is 4.62. The molecule has 0 bridgehead atoms. The van der Waals surface area contributed by atoms with E-state index in [9.17, 15) is 14.0 Å². The summed E-state index contributed by atoms with van der Waals surface area (Å²) in [5.41, 5.74) is 0.766. The smallest absolute Gasteiger partial charge is 0.313 e. The Balaban J connectivity index is 2.08. The second-order valence-corrected chi connectivity index (χ2v) is 4.87. The molecule has 120 valence electrons. The first-order valence-electron chi connectivity index (χ1n) is 7.11. The van der Waals surface area contributed by atoms with Gasteiger partial charge in [-0.15, -0.1) is 0 Å². The van der Waals surface area contributed by atoms with Gasteiger partial charge in [-0.2, -0.15) is 0 Å². The molecule has 0 aromatic heterocycles. The summed E-state index contributed by atoms with van der Waals surface area (Å²) in [6.45, 7) is -0.0745. The molecule has 0 radical (unpaired) electrons. The van der Waals surface area contributed by atoms with Gasteiger partial charge in [0, 0.05) is 13.1 Å². The molecule has 23 heavy (non-hydrogen) atoms. The van der Waals surface area contributed by atoms with E-state index in [1.807, 2.05) is 30.3 Å². The molecule has 2 aromatic carbocycles. The average Bonchev–Trinajstić information content (AvgIpc) is 2.57. The largest absolute Gasteiger partial charge is 0.395 e. The Bertz CT molecular complexity index is 677. The fourth-order valence-corrected chi connectivity index (χ4v) is 2.06. The van der Waals surface area contributed by atoms with Gasteiger partial charge in [0.2, 0.25) is 0 Å². The number of para-hydroxylation sites is 1. The molecule has 5 nitrogen and oxygen atoms in total. The Hall–Kier alpha value is -2.73. The molecule has 2 aromatic rings. The van der Waals surface area contributed by atoms with Crippen LogP contribution in [0.4, 0.5) is 10.1 Å². The quantitative estimate of drug-likeness (QED) is 0.826. The molecule has 0 unspecified atom stereocenters. The molecule has 0 aliphatic carbocycles. The minimum absolute atomic E-state index is 0.0123. The number of aliphatic hydroxyl groups is 1. The zero-order chi connectivity index (χ0) is 16.7. The lowest BCUT2D eigenvalue weighted by Gasteiger charge is -2.21. The minimum Gasteiger partial charge on any atom is -0.395 e. The number of nitrogens with one attached hydrogen (secondary N) is 1. The number of carbonyl (C=O) groups is 2. The van der Waals surface area contributed by atoms with Crippen molar-refractivity contribution in [1.29, 1.82) is 0 Å². The highest BCUT2D eigenvalue weighted by atomic mass is 19.1. The molecule has 0 spiro atoms. The van der Waals surface area contributed by atoms with Gasteiger partial charge in [-0.1, -0.05) is 42.5 Å². The molecule has 2 rings (SSSR count). The molecule has 0 atom stereocenters. The van der Waals surface area contributed by atoms with Crippen molar-refractivity contribution in [2.45, 2.75) is 6.54 Å². The van der Waals surface area contributed by atoms with Gasteiger partial charge in [0.15, 0.2) is 0 Å². The van der Waals surface area contributed by atoms with Crippen LogP contribution >= 0.6 is 0 Å². The van der Waals surface area contributed by atoms with E-state index in [2.05, 4.69) is 5.32 Å². The van der Waals surface area contributed by atoms with E-state index in [1.165, 1.54) is 23.1 Å². The molecule has 0 aliphatic rings. The number of anilines is 1. The standard InChI is InChI=1S/C17H17FN2O3/c18-14-8-4-5-9-15(14)19-16(22)17(23)20(10-11-21)12-13-6-2-1-3-7-13/h1-9,21H,10-12H2,(H,19,22). The van der Waals surface area contributed by atoms with Crippen LogP contribution in [0.5, 0.6) is 0 Å². The maximum Gasteiger partial charge on any atom is 0.313 e. The molecular weight excluding hydrogens is 299 g/mol. The van der Waals surface area contributed by atoms with Crippen LogP contribution in [-0.2, 0) is 16.1 Å². The second-order valence-electron chi connectivity index (χ2n) is 4.87. The van der Waals surface area contributed by atoms with Crippen molar-refractivity contribution in [3.63, 3.8) is 0 Å². The van der Waals surface area contributed by atoms with Gasteiger partial charge in [-0.3, -0.25) is 9.59 Å². The highest BCUT2D eigenvalue weighted by molar-refractivity contribution is 6.39. The highest BCUT2D eigenvalue weighted by Gasteiger charge is 2.22. The minimum atomic E-state index is -0.945. The molecule has 0 saturated heterocycles. The molecule has 2 amide bonds. The lowest BCUT2D eigenvalue weighted by Crippen LogP contribution is -2.40. The molecule has 0 saturated carbocycles. The summed E-state index contributed by atoms with van der Waals surface area (Å²) >= 11 is 0. The zero-order valence-corrected chi connectivity index (χ0v) is 12.4. The lowest BCUT2D eigenvalue weighted by molar-refractivity contribution is -0.143. The van der Waals surface area contributed by atoms with E-state index in [1.54, 1.807) is 6.07 Å². The number of amides is 2. The van der Waals surface area contributed by atoms with Crippen LogP contribution in [0, 0.1) is 5.82 Å². The van der Waals surface area contributed by atoms with Gasteiger partial charge >= 0.3 is 11.8 Å². The first-order valence-corrected chi connectivity index (χ1v) is 7.11. The van der Waals surface area contributed by atoms with E-state index in [-0.39, 0.29) is 25.4 Å². The number of halogens is 1. The summed E-state index contributed by atoms with van der Waals surface area (Å²) in [6.07, 6.45) is 0. The van der Waals surface area contributed by atoms with Crippen molar-refractivity contribution >= 4 is 17.5 Å². The maximum absolute atomic E-state index is 13.5. The van der Waals surface area contributed by atoms with Crippen LogP contribution < -0.4 is 5.32 Å². The third-order valence-electron chi connectivity index (χ3n) is 3.19. The van der Waals surface area contributed by atoms with Gasteiger partial charge in [0.25, 0.3) is 0 Å². The van der Waals surface area contributed by atoms with E-state index in [0.717, 1.165) is 5.56 Å². The summed E-state index contributed by atoms with van der Waals surface area (Å²) in [6, 6.07) is 14.7. The van der Waals surface area contributed by atoms with Crippen molar-refractivity contribution in [2.24, 2.45) is 0 Å². The zero-order valence-electron chi connectivity index (χ0n) is 12.4. The number of aliphatic hydroxyl groups excluding tert-OH is 1. The van der Waals surface area contributed by atoms with Gasteiger partial charge in [0.05, 0.1) is 12.3 Å². The van der Waals surface area contributed by atoms with Crippen molar-refractivity contribution in [3.8, 4) is 0 Å². The predicted molar refractivity (Wildman–Crippen MR) is 84.0 cm³/mol. The number of hydrogen-bond acceptors (Lipinski definition) is 3. The van der Waals surface area contributed by atoms with Crippen LogP contribution in [0.2, 0.25) is 0 Å². The fraction of sp³-hybridized carbons (Fsp3) is 0.176. The number of rotatable bonds is 5. The molecule has 2 N–H and O–H groups in total. The average molecular weight is 316 g/mol. The Labute approximate surface area is 133 Å². The van der Waals surface area contributed by atoms with Gasteiger partial charge < -0.3 is 15.3 Å². The van der Waals surface area contributed by atoms with E-state index in [4.69, 9.17) is 5.11 Å². The van der Waals surface area contributed by atoms with Crippen molar-refractivity contribution in [3.05, 3.63) is 66.0 Å². The summed E-state index contributed by atoms with van der Waals surface area (Å²) < 4.78 is 13.5. The second kappa shape index (κ2) is 8.05. The number of carbonyl (C=O) groups excluding carboxylic acids is 2. The number of benzene rings is 2. The van der Waals surface area contributed by atoms with Crippen molar-refractivity contribution < 1.29 is 19.1 Å². The van der Waals surface area contributed by atoms with Crippen molar-refractivity contribution in [1.82, 2.24) is 4.90 Å². The van der Waals surface area contributed by atoms with Gasteiger partial charge in [-0.05, 0) is 17.7 Å². The Kier molecular flexibility index (Phi) is 5.82. The Morgan fingerprint density at radius 3 is 2.35 bits per heavy atom. The highest BCUT2D eigenvalue weighted by Crippen LogP contribution is 2.13. The van der Waals surface area contributed by atoms with E-state index < -0.39 is 17.6 Å². The summed E-state index contributed by atoms with van der Waals surface area (Å²) in [7, 11) is 0. The first kappa shape index (κ1) is 16.6. The lowest BCUT2D eigenvalue weighted by atomic mass is 10.2. The normalized spacial score (nSPS) is 10.2. The molecular formula is C17H17FN2O3. The SMILES string of the molecule is O=C(Nc1ccccc1F)C(=O)N(CCO)Cc1ccccc1. The fourth-order valence-electron chi connectivity index (χ4n) is 2.06. The van der Waals surface area contributed by atoms with E-state index >= 15 is 0 Å². The van der Waals surface area contributed by atoms with Crippen LogP contribution in [0.1, 0.15) is 5.56 Å². The molecule has 6 heteroatoms. The summed E-state index contributed by atoms with van der Waals surface area (Å²) in [5, 5.41) is 11.3. The number of nitrogens with zero attached hydrogens (tertiary/aromatic N) is 1. The molecule has 0 heterocycles. The molecule has 0 fully saturated rings.